The van der Waals surface area contributed by atoms with Gasteiger partial charge in [-0.05, 0) is 31.7 Å². The predicted molar refractivity (Wildman–Crippen MR) is 91.5 cm³/mol. The highest BCUT2D eigenvalue weighted by Crippen LogP contribution is 2.38. The summed E-state index contributed by atoms with van der Waals surface area (Å²) < 4.78 is 94.0. The van der Waals surface area contributed by atoms with Crippen molar-refractivity contribution in [3.8, 4) is 0 Å². The number of pyridine rings is 1. The number of halogens is 6. The molecule has 0 saturated heterocycles. The van der Waals surface area contributed by atoms with Crippen molar-refractivity contribution >= 4 is 21.6 Å². The first-order chi connectivity index (χ1) is 13.8. The Labute approximate surface area is 165 Å². The van der Waals surface area contributed by atoms with Crippen molar-refractivity contribution in [3.63, 3.8) is 0 Å². The van der Waals surface area contributed by atoms with Gasteiger partial charge in [0.05, 0.1) is 11.9 Å². The monoisotopic (exact) mass is 456 g/mol. The van der Waals surface area contributed by atoms with Crippen LogP contribution in [0.25, 0.3) is 0 Å². The normalized spacial score (nSPS) is 15.8. The van der Waals surface area contributed by atoms with Crippen LogP contribution >= 0.6 is 0 Å². The molecule has 0 radical (unpaired) electrons. The van der Waals surface area contributed by atoms with Gasteiger partial charge in [0.2, 0.25) is 5.03 Å². The number of carbonyl (C=O) groups excluding carboxylic acids is 1. The van der Waals surface area contributed by atoms with Crippen molar-refractivity contribution in [3.05, 3.63) is 34.5 Å². The number of rotatable bonds is 3. The average molecular weight is 456 g/mol. The lowest BCUT2D eigenvalue weighted by molar-refractivity contribution is -0.141. The van der Waals surface area contributed by atoms with Crippen LogP contribution in [0.2, 0.25) is 0 Å². The summed E-state index contributed by atoms with van der Waals surface area (Å²) in [5.41, 5.74) is -1.29. The predicted octanol–water partition coefficient (Wildman–Crippen LogP) is 3.56. The summed E-state index contributed by atoms with van der Waals surface area (Å²) >= 11 is 0. The molecule has 0 aromatic carbocycles. The van der Waals surface area contributed by atoms with E-state index < -0.39 is 45.2 Å². The maximum Gasteiger partial charge on any atom is 0.433 e. The third-order valence-electron chi connectivity index (χ3n) is 4.32. The molecule has 1 aliphatic rings. The molecule has 2 heterocycles. The van der Waals surface area contributed by atoms with Crippen molar-refractivity contribution in [1.82, 2.24) is 14.8 Å². The van der Waals surface area contributed by atoms with Gasteiger partial charge in [0.15, 0.2) is 15.7 Å². The zero-order chi connectivity index (χ0) is 22.4. The Morgan fingerprint density at radius 3 is 2.60 bits per heavy atom. The van der Waals surface area contributed by atoms with Crippen LogP contribution in [0.3, 0.4) is 0 Å². The zero-order valence-corrected chi connectivity index (χ0v) is 16.0. The molecule has 0 spiro atoms. The fraction of sp³-hybridized carbons (Fsp3) is 0.400. The molecular weight excluding hydrogens is 442 g/mol. The Morgan fingerprint density at radius 1 is 1.37 bits per heavy atom. The summed E-state index contributed by atoms with van der Waals surface area (Å²) in [4.78, 5) is 15.8. The first-order valence-corrected chi connectivity index (χ1v) is 9.87. The van der Waals surface area contributed by atoms with Gasteiger partial charge >= 0.3 is 18.8 Å². The molecule has 1 aliphatic carbocycles. The van der Waals surface area contributed by atoms with E-state index in [2.05, 4.69) is 19.8 Å². The van der Waals surface area contributed by atoms with Gasteiger partial charge < -0.3 is 5.32 Å². The number of hydrogen-bond acceptors (Lipinski definition) is 4. The second-order valence-corrected chi connectivity index (χ2v) is 8.07. The maximum absolute atomic E-state index is 13.8. The van der Waals surface area contributed by atoms with E-state index in [-0.39, 0.29) is 34.2 Å². The number of urea groups is 1. The summed E-state index contributed by atoms with van der Waals surface area (Å²) in [6.45, 7) is -2.17. The van der Waals surface area contributed by atoms with Gasteiger partial charge in [-0.1, -0.05) is 0 Å². The van der Waals surface area contributed by atoms with E-state index in [1.165, 1.54) is 0 Å². The van der Waals surface area contributed by atoms with Crippen molar-refractivity contribution in [2.75, 3.05) is 5.32 Å². The minimum absolute atomic E-state index is 0.151. The summed E-state index contributed by atoms with van der Waals surface area (Å²) in [5, 5.41) is 9.22. The number of aromatic nitrogens is 3. The second-order valence-electron chi connectivity index (χ2n) is 6.37. The first kappa shape index (κ1) is 22.0. The molecule has 3 rings (SSSR count). The fourth-order valence-corrected chi connectivity index (χ4v) is 4.00. The van der Waals surface area contributed by atoms with Gasteiger partial charge in [0.25, 0.3) is 0 Å². The van der Waals surface area contributed by atoms with Gasteiger partial charge in [-0.15, -0.1) is 4.36 Å². The SMILES string of the molecule is Cc1c(C(F)(F)F)nc2c(c1NC(=O)N=S(N)(=O)c1nn(C(F)F)cc1F)CCC2. The van der Waals surface area contributed by atoms with E-state index in [1.807, 2.05) is 0 Å². The second kappa shape index (κ2) is 7.54. The van der Waals surface area contributed by atoms with Gasteiger partial charge in [-0.2, -0.15) is 27.1 Å². The lowest BCUT2D eigenvalue weighted by atomic mass is 10.1. The van der Waals surface area contributed by atoms with Crippen LogP contribution < -0.4 is 10.5 Å². The van der Waals surface area contributed by atoms with Gasteiger partial charge in [-0.3, -0.25) is 0 Å². The molecule has 164 valence electrons. The molecular formula is C15H14F6N6O2S. The average Bonchev–Trinajstić information content (AvgIpc) is 3.22. The fourth-order valence-electron chi connectivity index (χ4n) is 3.08. The van der Waals surface area contributed by atoms with E-state index in [1.54, 1.807) is 0 Å². The molecule has 0 fully saturated rings. The minimum Gasteiger partial charge on any atom is -0.305 e. The van der Waals surface area contributed by atoms with Crippen LogP contribution in [0.5, 0.6) is 0 Å². The van der Waals surface area contributed by atoms with Crippen molar-refractivity contribution in [2.45, 2.75) is 43.9 Å². The standard InChI is InChI=1S/C15H14F6N6O2S/c1-6-10(7-3-2-4-9(7)23-11(6)15(19,20)21)24-14(28)26-30(22,29)12-8(16)5-27(25-12)13(17)18/h5,13H,2-4H2,1H3,(H3,22,23,24,26,28,29). The van der Waals surface area contributed by atoms with Crippen LogP contribution in [-0.4, -0.2) is 25.0 Å². The highest BCUT2D eigenvalue weighted by Gasteiger charge is 2.38. The minimum atomic E-state index is -4.79. The number of nitrogens with two attached hydrogens (primary N) is 1. The van der Waals surface area contributed by atoms with Crippen molar-refractivity contribution in [1.29, 1.82) is 0 Å². The smallest absolute Gasteiger partial charge is 0.305 e. The lowest BCUT2D eigenvalue weighted by Gasteiger charge is -2.17. The maximum atomic E-state index is 13.8. The topological polar surface area (TPSA) is 115 Å². The summed E-state index contributed by atoms with van der Waals surface area (Å²) in [6.07, 6.45) is -3.46. The number of anilines is 1. The van der Waals surface area contributed by atoms with Crippen molar-refractivity contribution in [2.24, 2.45) is 9.50 Å². The highest BCUT2D eigenvalue weighted by molar-refractivity contribution is 7.91. The number of fused-ring (bicyclic) bond motifs is 1. The molecule has 8 nitrogen and oxygen atoms in total. The summed E-state index contributed by atoms with van der Waals surface area (Å²) in [5.74, 6) is -1.49. The Hall–Kier alpha value is -2.68. The Morgan fingerprint density at radius 2 is 2.03 bits per heavy atom. The number of carbonyl (C=O) groups is 1. The van der Waals surface area contributed by atoms with Crippen LogP contribution in [0.1, 0.15) is 35.5 Å². The van der Waals surface area contributed by atoms with Crippen LogP contribution in [0.15, 0.2) is 15.6 Å². The third-order valence-corrected chi connectivity index (χ3v) is 5.59. The number of aryl methyl sites for hydroxylation is 1. The van der Waals surface area contributed by atoms with Crippen LogP contribution in [-0.2, 0) is 28.9 Å². The molecule has 30 heavy (non-hydrogen) atoms. The first-order valence-electron chi connectivity index (χ1n) is 8.29. The molecule has 1 unspecified atom stereocenters. The van der Waals surface area contributed by atoms with E-state index in [0.29, 0.717) is 18.4 Å². The quantitative estimate of drug-likeness (QED) is 0.687. The number of alkyl halides is 5. The number of nitrogens with one attached hydrogen (secondary N) is 1. The molecule has 0 saturated carbocycles. The molecule has 3 N–H and O–H groups in total. The number of nitrogens with zero attached hydrogens (tertiary/aromatic N) is 4. The highest BCUT2D eigenvalue weighted by atomic mass is 32.2. The van der Waals surface area contributed by atoms with E-state index in [4.69, 9.17) is 5.14 Å². The zero-order valence-electron chi connectivity index (χ0n) is 15.1. The Balaban J connectivity index is 2.01. The van der Waals surface area contributed by atoms with E-state index >= 15 is 0 Å². The van der Waals surface area contributed by atoms with Gasteiger partial charge in [0.1, 0.15) is 5.69 Å². The molecule has 0 aliphatic heterocycles. The molecule has 2 aromatic rings. The van der Waals surface area contributed by atoms with Gasteiger partial charge in [-0.25, -0.2) is 28.2 Å². The Bertz CT molecular complexity index is 1140. The number of hydrogen-bond donors (Lipinski definition) is 2. The van der Waals surface area contributed by atoms with Gasteiger partial charge in [0, 0.05) is 11.3 Å². The molecule has 2 aromatic heterocycles. The van der Waals surface area contributed by atoms with Crippen LogP contribution in [0, 0.1) is 12.7 Å². The molecule has 0 bridgehead atoms. The van der Waals surface area contributed by atoms with E-state index in [0.717, 1.165) is 6.92 Å². The largest absolute Gasteiger partial charge is 0.433 e. The van der Waals surface area contributed by atoms with Crippen LogP contribution in [0.4, 0.5) is 36.8 Å². The lowest BCUT2D eigenvalue weighted by Crippen LogP contribution is -2.21. The Kier molecular flexibility index (Phi) is 5.53. The van der Waals surface area contributed by atoms with Crippen molar-refractivity contribution < 1.29 is 35.3 Å². The molecule has 15 heteroatoms. The van der Waals surface area contributed by atoms with E-state index in [9.17, 15) is 35.3 Å². The summed E-state index contributed by atoms with van der Waals surface area (Å²) in [6, 6.07) is -1.45. The summed E-state index contributed by atoms with van der Waals surface area (Å²) in [7, 11) is -4.40. The third kappa shape index (κ3) is 4.12. The molecule has 2 amide bonds. The number of amides is 2. The molecule has 1 atom stereocenters.